The molecule has 1 rings (SSSR count). The summed E-state index contributed by atoms with van der Waals surface area (Å²) in [6, 6.07) is 0. The molecule has 0 spiro atoms. The van der Waals surface area contributed by atoms with Crippen LogP contribution in [-0.4, -0.2) is 36.5 Å². The Labute approximate surface area is 96.8 Å². The second-order valence-corrected chi connectivity index (χ2v) is 5.21. The van der Waals surface area contributed by atoms with Crippen LogP contribution in [0.3, 0.4) is 0 Å². The fourth-order valence-electron chi connectivity index (χ4n) is 1.64. The van der Waals surface area contributed by atoms with Crippen molar-refractivity contribution in [1.82, 2.24) is 10.6 Å². The van der Waals surface area contributed by atoms with Crippen molar-refractivity contribution in [2.75, 3.05) is 25.4 Å². The molecule has 88 valence electrons. The summed E-state index contributed by atoms with van der Waals surface area (Å²) in [6.45, 7) is 4.82. The van der Waals surface area contributed by atoms with Crippen LogP contribution in [0.15, 0.2) is 0 Å². The molecule has 2 N–H and O–H groups in total. The Bertz CT molecular complexity index is 181. The summed E-state index contributed by atoms with van der Waals surface area (Å²) in [4.78, 5) is 11.7. The first-order valence-electron chi connectivity index (χ1n) is 5.94. The third-order valence-electron chi connectivity index (χ3n) is 2.50. The number of amides is 1. The van der Waals surface area contributed by atoms with E-state index in [9.17, 15) is 4.79 Å². The second kappa shape index (κ2) is 7.99. The molecule has 0 aromatic carbocycles. The Hall–Kier alpha value is -0.220. The van der Waals surface area contributed by atoms with Crippen molar-refractivity contribution in [3.8, 4) is 0 Å². The molecule has 4 heteroatoms. The van der Waals surface area contributed by atoms with Crippen molar-refractivity contribution < 1.29 is 4.79 Å². The van der Waals surface area contributed by atoms with Crippen LogP contribution < -0.4 is 10.6 Å². The van der Waals surface area contributed by atoms with Crippen LogP contribution in [-0.2, 0) is 4.79 Å². The first-order chi connectivity index (χ1) is 7.34. The summed E-state index contributed by atoms with van der Waals surface area (Å²) in [6.07, 6.45) is 4.68. The molecule has 1 atom stereocenters. The number of hydrogen-bond acceptors (Lipinski definition) is 3. The zero-order chi connectivity index (χ0) is 10.9. The molecule has 0 aromatic heterocycles. The number of carbonyl (C=O) groups excluding carboxylic acids is 1. The van der Waals surface area contributed by atoms with Crippen molar-refractivity contribution in [3.63, 3.8) is 0 Å². The van der Waals surface area contributed by atoms with Crippen LogP contribution in [0.4, 0.5) is 0 Å². The minimum atomic E-state index is 0.213. The van der Waals surface area contributed by atoms with Crippen LogP contribution in [0.1, 0.15) is 32.6 Å². The van der Waals surface area contributed by atoms with Gasteiger partial charge >= 0.3 is 0 Å². The number of hydrogen-bond donors (Lipinski definition) is 2. The molecule has 0 saturated carbocycles. The van der Waals surface area contributed by atoms with Gasteiger partial charge in [-0.1, -0.05) is 13.3 Å². The zero-order valence-corrected chi connectivity index (χ0v) is 10.4. The van der Waals surface area contributed by atoms with E-state index in [-0.39, 0.29) is 11.2 Å². The lowest BCUT2D eigenvalue weighted by molar-refractivity contribution is -0.120. The molecule has 1 heterocycles. The van der Waals surface area contributed by atoms with Crippen LogP contribution in [0.25, 0.3) is 0 Å². The summed E-state index contributed by atoms with van der Waals surface area (Å²) in [5.41, 5.74) is 0. The van der Waals surface area contributed by atoms with Crippen LogP contribution in [0.5, 0.6) is 0 Å². The van der Waals surface area contributed by atoms with Gasteiger partial charge in [0.15, 0.2) is 0 Å². The van der Waals surface area contributed by atoms with Crippen LogP contribution >= 0.6 is 11.8 Å². The van der Waals surface area contributed by atoms with Gasteiger partial charge in [-0.05, 0) is 31.6 Å². The Morgan fingerprint density at radius 3 is 2.87 bits per heavy atom. The molecule has 1 aliphatic rings. The van der Waals surface area contributed by atoms with Crippen LogP contribution in [0.2, 0.25) is 0 Å². The van der Waals surface area contributed by atoms with E-state index in [2.05, 4.69) is 17.6 Å². The lowest BCUT2D eigenvalue weighted by Crippen LogP contribution is -2.38. The molecular weight excluding hydrogens is 208 g/mol. The predicted molar refractivity (Wildman–Crippen MR) is 66.3 cm³/mol. The normalized spacial score (nSPS) is 21.3. The smallest absolute Gasteiger partial charge is 0.233 e. The molecule has 3 nitrogen and oxygen atoms in total. The minimum Gasteiger partial charge on any atom is -0.354 e. The molecule has 0 bridgehead atoms. The maximum Gasteiger partial charge on any atom is 0.233 e. The van der Waals surface area contributed by atoms with Gasteiger partial charge in [-0.15, -0.1) is 11.8 Å². The van der Waals surface area contributed by atoms with Gasteiger partial charge in [0.25, 0.3) is 0 Å². The largest absolute Gasteiger partial charge is 0.354 e. The lowest BCUT2D eigenvalue weighted by Gasteiger charge is -2.20. The molecule has 1 unspecified atom stereocenters. The third kappa shape index (κ3) is 5.42. The quantitative estimate of drug-likeness (QED) is 0.678. The lowest BCUT2D eigenvalue weighted by atomic mass is 10.2. The number of nitrogens with one attached hydrogen (secondary N) is 2. The van der Waals surface area contributed by atoms with Gasteiger partial charge in [0, 0.05) is 13.1 Å². The first-order valence-corrected chi connectivity index (χ1v) is 6.99. The highest BCUT2D eigenvalue weighted by Crippen LogP contribution is 2.24. The number of thioether (sulfide) groups is 1. The minimum absolute atomic E-state index is 0.213. The van der Waals surface area contributed by atoms with Gasteiger partial charge < -0.3 is 10.6 Å². The molecule has 0 aliphatic carbocycles. The molecule has 1 aliphatic heterocycles. The van der Waals surface area contributed by atoms with Crippen molar-refractivity contribution in [1.29, 1.82) is 0 Å². The highest BCUT2D eigenvalue weighted by Gasteiger charge is 2.20. The van der Waals surface area contributed by atoms with E-state index in [4.69, 9.17) is 0 Å². The predicted octanol–water partition coefficient (Wildman–Crippen LogP) is 1.39. The number of rotatable bonds is 6. The molecule has 1 fully saturated rings. The van der Waals surface area contributed by atoms with E-state index in [0.29, 0.717) is 0 Å². The van der Waals surface area contributed by atoms with Gasteiger partial charge in [0.05, 0.1) is 5.25 Å². The Balaban J connectivity index is 2.02. The Kier molecular flexibility index (Phi) is 6.85. The van der Waals surface area contributed by atoms with Gasteiger partial charge in [-0.25, -0.2) is 0 Å². The molecular formula is C11H22N2OS. The van der Waals surface area contributed by atoms with E-state index >= 15 is 0 Å². The fourth-order valence-corrected chi connectivity index (χ4v) is 2.86. The maximum absolute atomic E-state index is 11.7. The highest BCUT2D eigenvalue weighted by molar-refractivity contribution is 8.00. The summed E-state index contributed by atoms with van der Waals surface area (Å²) in [5.74, 6) is 1.38. The van der Waals surface area contributed by atoms with E-state index in [1.807, 2.05) is 11.8 Å². The van der Waals surface area contributed by atoms with E-state index < -0.39 is 0 Å². The van der Waals surface area contributed by atoms with Gasteiger partial charge in [0.1, 0.15) is 0 Å². The third-order valence-corrected chi connectivity index (χ3v) is 3.88. The van der Waals surface area contributed by atoms with Crippen molar-refractivity contribution in [2.45, 2.75) is 37.9 Å². The SMILES string of the molecule is CCCNCCNC(=O)C1CCCCS1. The average Bonchev–Trinajstić information content (AvgIpc) is 2.30. The van der Waals surface area contributed by atoms with Gasteiger partial charge in [-0.2, -0.15) is 0 Å². The molecule has 15 heavy (non-hydrogen) atoms. The number of carbonyl (C=O) groups is 1. The summed E-state index contributed by atoms with van der Waals surface area (Å²) in [7, 11) is 0. The van der Waals surface area contributed by atoms with Crippen molar-refractivity contribution in [2.24, 2.45) is 0 Å². The van der Waals surface area contributed by atoms with Gasteiger partial charge in [-0.3, -0.25) is 4.79 Å². The van der Waals surface area contributed by atoms with E-state index in [1.165, 1.54) is 12.8 Å². The zero-order valence-electron chi connectivity index (χ0n) is 9.55. The van der Waals surface area contributed by atoms with Crippen molar-refractivity contribution in [3.05, 3.63) is 0 Å². The second-order valence-electron chi connectivity index (χ2n) is 3.90. The molecule has 0 radical (unpaired) electrons. The molecule has 1 saturated heterocycles. The standard InChI is InChI=1S/C11H22N2OS/c1-2-6-12-7-8-13-11(14)10-5-3-4-9-15-10/h10,12H,2-9H2,1H3,(H,13,14). The topological polar surface area (TPSA) is 41.1 Å². The summed E-state index contributed by atoms with van der Waals surface area (Å²) >= 11 is 1.81. The highest BCUT2D eigenvalue weighted by atomic mass is 32.2. The van der Waals surface area contributed by atoms with Gasteiger partial charge in [0.2, 0.25) is 5.91 Å². The average molecular weight is 230 g/mol. The Morgan fingerprint density at radius 1 is 1.33 bits per heavy atom. The van der Waals surface area contributed by atoms with Crippen molar-refractivity contribution >= 4 is 17.7 Å². The van der Waals surface area contributed by atoms with E-state index in [1.54, 1.807) is 0 Å². The van der Waals surface area contributed by atoms with E-state index in [0.717, 1.165) is 38.2 Å². The summed E-state index contributed by atoms with van der Waals surface area (Å²) in [5, 5.41) is 6.47. The first kappa shape index (κ1) is 12.8. The molecule has 1 amide bonds. The van der Waals surface area contributed by atoms with Crippen LogP contribution in [0, 0.1) is 0 Å². The fraction of sp³-hybridized carbons (Fsp3) is 0.909. The maximum atomic E-state index is 11.7. The molecule has 0 aromatic rings. The summed E-state index contributed by atoms with van der Waals surface area (Å²) < 4.78 is 0. The monoisotopic (exact) mass is 230 g/mol. The Morgan fingerprint density at radius 2 is 2.20 bits per heavy atom.